The van der Waals surface area contributed by atoms with Crippen LogP contribution in [0.1, 0.15) is 252 Å². The summed E-state index contributed by atoms with van der Waals surface area (Å²) < 4.78 is 23.0. The van der Waals surface area contributed by atoms with Crippen molar-refractivity contribution >= 4 is 23.9 Å². The number of aliphatic hydroxyl groups excluding tert-OH is 1. The van der Waals surface area contributed by atoms with Crippen molar-refractivity contribution in [3.05, 3.63) is 0 Å². The van der Waals surface area contributed by atoms with Gasteiger partial charge in [0.05, 0.1) is 33.0 Å². The lowest BCUT2D eigenvalue weighted by Crippen LogP contribution is -2.43. The Morgan fingerprint density at radius 2 is 0.776 bits per heavy atom. The number of esters is 4. The fourth-order valence-corrected chi connectivity index (χ4v) is 9.24. The normalized spacial score (nSPS) is 13.3. The first-order chi connectivity index (χ1) is 32.8. The number of unbranched alkanes of at least 4 members (excludes halogenated alkanes) is 18. The van der Waals surface area contributed by atoms with Crippen molar-refractivity contribution in [1.82, 2.24) is 9.80 Å². The molecule has 0 bridgehead atoms. The first kappa shape index (κ1) is 62.8. The van der Waals surface area contributed by atoms with Crippen molar-refractivity contribution in [2.24, 2.45) is 11.8 Å². The number of aliphatic hydroxyl groups is 1. The molecular formula is C56H106N2O9. The van der Waals surface area contributed by atoms with Gasteiger partial charge in [-0.3, -0.25) is 29.0 Å². The summed E-state index contributed by atoms with van der Waals surface area (Å²) in [5.41, 5.74) is 0. The van der Waals surface area contributed by atoms with Gasteiger partial charge in [-0.25, -0.2) is 0 Å². The van der Waals surface area contributed by atoms with Crippen LogP contribution in [0.5, 0.6) is 0 Å². The molecule has 0 saturated heterocycles. The minimum Gasteiger partial charge on any atom is -0.465 e. The summed E-state index contributed by atoms with van der Waals surface area (Å²) in [6, 6.07) is 0.566. The van der Waals surface area contributed by atoms with Crippen molar-refractivity contribution in [2.75, 3.05) is 65.8 Å². The molecule has 0 atom stereocenters. The molecule has 0 unspecified atom stereocenters. The Labute approximate surface area is 411 Å². The molecule has 1 fully saturated rings. The second-order valence-electron chi connectivity index (χ2n) is 20.0. The van der Waals surface area contributed by atoms with Crippen molar-refractivity contribution in [2.45, 2.75) is 258 Å². The van der Waals surface area contributed by atoms with E-state index in [0.717, 1.165) is 142 Å². The number of carbonyl (C=O) groups excluding carboxylic acids is 4. The van der Waals surface area contributed by atoms with Gasteiger partial charge >= 0.3 is 23.9 Å². The highest BCUT2D eigenvalue weighted by atomic mass is 16.6. The van der Waals surface area contributed by atoms with Gasteiger partial charge in [-0.05, 0) is 77.3 Å². The van der Waals surface area contributed by atoms with Gasteiger partial charge in [0, 0.05) is 63.2 Å². The summed E-state index contributed by atoms with van der Waals surface area (Å²) >= 11 is 0. The van der Waals surface area contributed by atoms with Gasteiger partial charge < -0.3 is 24.1 Å². The summed E-state index contributed by atoms with van der Waals surface area (Å²) in [5, 5.41) is 10.1. The first-order valence-electron chi connectivity index (χ1n) is 28.5. The maximum Gasteiger partial charge on any atom is 0.305 e. The van der Waals surface area contributed by atoms with Crippen LogP contribution in [0, 0.1) is 11.8 Å². The second-order valence-corrected chi connectivity index (χ2v) is 20.0. The van der Waals surface area contributed by atoms with Crippen LogP contribution in [-0.4, -0.2) is 111 Å². The van der Waals surface area contributed by atoms with Crippen molar-refractivity contribution in [3.63, 3.8) is 0 Å². The van der Waals surface area contributed by atoms with Gasteiger partial charge in [0.1, 0.15) is 0 Å². The lowest BCUT2D eigenvalue weighted by Gasteiger charge is -2.36. The van der Waals surface area contributed by atoms with Crippen LogP contribution in [0.25, 0.3) is 0 Å². The second kappa shape index (κ2) is 46.2. The fourth-order valence-electron chi connectivity index (χ4n) is 9.24. The molecule has 0 aromatic rings. The van der Waals surface area contributed by atoms with Crippen LogP contribution < -0.4 is 0 Å². The monoisotopic (exact) mass is 951 g/mol. The quantitative estimate of drug-likeness (QED) is 0.0355. The number of ether oxygens (including phenoxy) is 4. The molecule has 394 valence electrons. The zero-order valence-electron chi connectivity index (χ0n) is 44.2. The average Bonchev–Trinajstić information content (AvgIpc) is 3.33. The third-order valence-corrected chi connectivity index (χ3v) is 13.7. The van der Waals surface area contributed by atoms with Crippen LogP contribution in [0.2, 0.25) is 0 Å². The first-order valence-corrected chi connectivity index (χ1v) is 28.5. The minimum atomic E-state index is -0.158. The smallest absolute Gasteiger partial charge is 0.305 e. The highest BCUT2D eigenvalue weighted by molar-refractivity contribution is 5.70. The van der Waals surface area contributed by atoms with Crippen LogP contribution >= 0.6 is 0 Å². The van der Waals surface area contributed by atoms with Gasteiger partial charge in [0.15, 0.2) is 0 Å². The molecule has 0 radical (unpaired) electrons. The zero-order chi connectivity index (χ0) is 48.8. The summed E-state index contributed by atoms with van der Waals surface area (Å²) in [5.74, 6) is -0.639. The molecule has 0 amide bonds. The molecule has 1 saturated carbocycles. The van der Waals surface area contributed by atoms with Crippen molar-refractivity contribution in [3.8, 4) is 0 Å². The summed E-state index contributed by atoms with van der Waals surface area (Å²) in [6.07, 6.45) is 35.3. The van der Waals surface area contributed by atoms with Gasteiger partial charge in [-0.2, -0.15) is 0 Å². The van der Waals surface area contributed by atoms with Crippen molar-refractivity contribution in [1.29, 1.82) is 0 Å². The van der Waals surface area contributed by atoms with Gasteiger partial charge in [-0.15, -0.1) is 0 Å². The van der Waals surface area contributed by atoms with E-state index in [4.69, 9.17) is 18.9 Å². The lowest BCUT2D eigenvalue weighted by atomic mass is 9.93. The molecule has 0 heterocycles. The number of nitrogens with zero attached hydrogens (tertiary/aromatic N) is 2. The Bertz CT molecular complexity index is 1110. The van der Waals surface area contributed by atoms with E-state index in [1.165, 1.54) is 83.5 Å². The summed E-state index contributed by atoms with van der Waals surface area (Å²) in [7, 11) is 0. The predicted molar refractivity (Wildman–Crippen MR) is 274 cm³/mol. The van der Waals surface area contributed by atoms with E-state index in [1.807, 2.05) is 0 Å². The highest BCUT2D eigenvalue weighted by Crippen LogP contribution is 2.24. The molecule has 1 rings (SSSR count). The van der Waals surface area contributed by atoms with E-state index < -0.39 is 0 Å². The molecule has 0 spiro atoms. The molecule has 1 aliphatic carbocycles. The Kier molecular flexibility index (Phi) is 43.3. The van der Waals surface area contributed by atoms with Crippen LogP contribution in [-0.2, 0) is 38.1 Å². The van der Waals surface area contributed by atoms with E-state index in [2.05, 4.69) is 37.5 Å². The molecule has 11 nitrogen and oxygen atoms in total. The topological polar surface area (TPSA) is 132 Å². The van der Waals surface area contributed by atoms with E-state index in [9.17, 15) is 24.3 Å². The van der Waals surface area contributed by atoms with Crippen LogP contribution in [0.4, 0.5) is 0 Å². The standard InChI is InChI=1S/C56H106N2O9/c1-5-9-13-17-24-36-53(60)64-46-50(47-65-54(61)37-25-18-14-10-6-2)32-28-30-40-57(44-45-59)42-43-58(52-34-22-21-23-35-52)41-31-29-33-51(48-66-55(62)38-26-19-15-11-7-3)49-67-56(63)39-27-20-16-12-8-4/h50-52,59H,5-49H2,1-4H3. The Morgan fingerprint density at radius 1 is 0.418 bits per heavy atom. The lowest BCUT2D eigenvalue weighted by molar-refractivity contribution is -0.151. The van der Waals surface area contributed by atoms with Gasteiger partial charge in [-0.1, -0.05) is 163 Å². The average molecular weight is 951 g/mol. The van der Waals surface area contributed by atoms with E-state index in [0.29, 0.717) is 51.5 Å². The maximum atomic E-state index is 12.6. The zero-order valence-corrected chi connectivity index (χ0v) is 44.2. The number of carbonyl (C=O) groups is 4. The molecule has 1 aliphatic rings. The van der Waals surface area contributed by atoms with E-state index >= 15 is 0 Å². The number of hydrogen-bond donors (Lipinski definition) is 1. The maximum absolute atomic E-state index is 12.6. The molecule has 11 heteroatoms. The molecular weight excluding hydrogens is 845 g/mol. The summed E-state index contributed by atoms with van der Waals surface area (Å²) in [4.78, 5) is 55.5. The predicted octanol–water partition coefficient (Wildman–Crippen LogP) is 13.1. The van der Waals surface area contributed by atoms with Gasteiger partial charge in [0.2, 0.25) is 0 Å². The van der Waals surface area contributed by atoms with Gasteiger partial charge in [0.25, 0.3) is 0 Å². The van der Waals surface area contributed by atoms with Crippen LogP contribution in [0.3, 0.4) is 0 Å². The minimum absolute atomic E-state index is 0.00408. The molecule has 1 N–H and O–H groups in total. The fraction of sp³-hybridized carbons (Fsp3) is 0.929. The van der Waals surface area contributed by atoms with Crippen molar-refractivity contribution < 1.29 is 43.2 Å². The summed E-state index contributed by atoms with van der Waals surface area (Å²) in [6.45, 7) is 14.4. The highest BCUT2D eigenvalue weighted by Gasteiger charge is 2.23. The third-order valence-electron chi connectivity index (χ3n) is 13.7. The van der Waals surface area contributed by atoms with E-state index in [-0.39, 0.29) is 55.5 Å². The number of hydrogen-bond acceptors (Lipinski definition) is 11. The SMILES string of the molecule is CCCCCCCC(=O)OCC(CCCCN(CCO)CCN(CCCCC(COC(=O)CCCCCCC)COC(=O)CCCCCCC)C1CCCCC1)COC(=O)CCCCCCC. The van der Waals surface area contributed by atoms with E-state index in [1.54, 1.807) is 0 Å². The molecule has 0 aromatic carbocycles. The number of rotatable bonds is 48. The molecule has 67 heavy (non-hydrogen) atoms. The Balaban J connectivity index is 2.77. The Morgan fingerprint density at radius 3 is 1.13 bits per heavy atom. The Hall–Kier alpha value is -2.24. The molecule has 0 aliphatic heterocycles. The third kappa shape index (κ3) is 38.2. The van der Waals surface area contributed by atoms with Crippen LogP contribution in [0.15, 0.2) is 0 Å². The largest absolute Gasteiger partial charge is 0.465 e. The molecule has 0 aromatic heterocycles.